The van der Waals surface area contributed by atoms with Crippen LogP contribution in [0, 0.1) is 10.1 Å². The van der Waals surface area contributed by atoms with Crippen molar-refractivity contribution in [2.75, 3.05) is 5.32 Å². The van der Waals surface area contributed by atoms with E-state index in [-0.39, 0.29) is 11.6 Å². The van der Waals surface area contributed by atoms with E-state index in [1.54, 1.807) is 6.92 Å². The van der Waals surface area contributed by atoms with Gasteiger partial charge in [0.2, 0.25) is 0 Å². The van der Waals surface area contributed by atoms with Crippen LogP contribution in [0.3, 0.4) is 0 Å². The van der Waals surface area contributed by atoms with Gasteiger partial charge in [0, 0.05) is 17.8 Å². The summed E-state index contributed by atoms with van der Waals surface area (Å²) in [6.45, 7) is 3.71. The highest BCUT2D eigenvalue weighted by Gasteiger charge is 2.15. The molecule has 6 heteroatoms. The van der Waals surface area contributed by atoms with Gasteiger partial charge in [-0.15, -0.1) is 0 Å². The predicted molar refractivity (Wildman–Crippen MR) is 87.6 cm³/mol. The number of hydrogen-bond donors (Lipinski definition) is 1. The van der Waals surface area contributed by atoms with Gasteiger partial charge >= 0.3 is 0 Å². The van der Waals surface area contributed by atoms with Crippen molar-refractivity contribution in [3.05, 3.63) is 64.2 Å². The molecule has 23 heavy (non-hydrogen) atoms. The van der Waals surface area contributed by atoms with Crippen LogP contribution in [-0.4, -0.2) is 16.9 Å². The Labute approximate surface area is 134 Å². The maximum Gasteiger partial charge on any atom is 0.269 e. The Morgan fingerprint density at radius 3 is 2.30 bits per heavy atom. The fourth-order valence-corrected chi connectivity index (χ4v) is 1.97. The van der Waals surface area contributed by atoms with Crippen molar-refractivity contribution >= 4 is 17.3 Å². The van der Waals surface area contributed by atoms with Gasteiger partial charge in [-0.2, -0.15) is 0 Å². The molecular weight excluding hydrogens is 296 g/mol. The standard InChI is InChI=1S/C17H18N2O4/c1-3-13-4-10-16(11-5-13)23-12(2)17(20)18-14-6-8-15(9-7-14)19(21)22/h4-12H,3H2,1-2H3,(H,18,20). The van der Waals surface area contributed by atoms with Crippen LogP contribution in [0.1, 0.15) is 19.4 Å². The summed E-state index contributed by atoms with van der Waals surface area (Å²) in [6, 6.07) is 13.2. The first-order valence-corrected chi connectivity index (χ1v) is 7.30. The highest BCUT2D eigenvalue weighted by molar-refractivity contribution is 5.94. The van der Waals surface area contributed by atoms with E-state index >= 15 is 0 Å². The zero-order valence-corrected chi connectivity index (χ0v) is 13.0. The second-order valence-corrected chi connectivity index (χ2v) is 5.05. The maximum absolute atomic E-state index is 12.1. The van der Waals surface area contributed by atoms with Crippen molar-refractivity contribution in [1.82, 2.24) is 0 Å². The number of nitrogens with one attached hydrogen (secondary N) is 1. The number of hydrogen-bond acceptors (Lipinski definition) is 4. The van der Waals surface area contributed by atoms with Crippen LogP contribution in [0.25, 0.3) is 0 Å². The smallest absolute Gasteiger partial charge is 0.269 e. The fraction of sp³-hybridized carbons (Fsp3) is 0.235. The largest absolute Gasteiger partial charge is 0.481 e. The molecule has 0 aromatic heterocycles. The van der Waals surface area contributed by atoms with Crippen LogP contribution in [0.2, 0.25) is 0 Å². The second kappa shape index (κ2) is 7.40. The van der Waals surface area contributed by atoms with Gasteiger partial charge in [0.25, 0.3) is 11.6 Å². The number of benzene rings is 2. The first-order chi connectivity index (χ1) is 11.0. The van der Waals surface area contributed by atoms with Crippen molar-refractivity contribution < 1.29 is 14.5 Å². The zero-order valence-electron chi connectivity index (χ0n) is 13.0. The minimum Gasteiger partial charge on any atom is -0.481 e. The van der Waals surface area contributed by atoms with Crippen LogP contribution in [-0.2, 0) is 11.2 Å². The summed E-state index contributed by atoms with van der Waals surface area (Å²) in [5, 5.41) is 13.3. The number of carbonyl (C=O) groups is 1. The van der Waals surface area contributed by atoms with Crippen molar-refractivity contribution in [2.24, 2.45) is 0 Å². The molecule has 0 aliphatic heterocycles. The Hall–Kier alpha value is -2.89. The lowest BCUT2D eigenvalue weighted by atomic mass is 10.2. The molecule has 2 rings (SSSR count). The topological polar surface area (TPSA) is 81.5 Å². The monoisotopic (exact) mass is 314 g/mol. The first kappa shape index (κ1) is 16.5. The van der Waals surface area contributed by atoms with Gasteiger partial charge in [0.05, 0.1) is 4.92 Å². The third-order valence-electron chi connectivity index (χ3n) is 3.36. The number of anilines is 1. The number of carbonyl (C=O) groups excluding carboxylic acids is 1. The molecule has 0 saturated carbocycles. The zero-order chi connectivity index (χ0) is 16.8. The third-order valence-corrected chi connectivity index (χ3v) is 3.36. The molecule has 0 heterocycles. The molecule has 1 atom stereocenters. The highest BCUT2D eigenvalue weighted by atomic mass is 16.6. The van der Waals surface area contributed by atoms with E-state index in [9.17, 15) is 14.9 Å². The number of nitrogens with zero attached hydrogens (tertiary/aromatic N) is 1. The summed E-state index contributed by atoms with van der Waals surface area (Å²) in [6.07, 6.45) is 0.258. The lowest BCUT2D eigenvalue weighted by molar-refractivity contribution is -0.384. The first-order valence-electron chi connectivity index (χ1n) is 7.30. The molecule has 0 aliphatic carbocycles. The molecule has 2 aromatic rings. The second-order valence-electron chi connectivity index (χ2n) is 5.05. The highest BCUT2D eigenvalue weighted by Crippen LogP contribution is 2.17. The molecular formula is C17H18N2O4. The van der Waals surface area contributed by atoms with Crippen LogP contribution in [0.4, 0.5) is 11.4 Å². The minimum absolute atomic E-state index is 0.0247. The molecule has 0 fully saturated rings. The predicted octanol–water partition coefficient (Wildman–Crippen LogP) is 3.56. The Morgan fingerprint density at radius 1 is 1.17 bits per heavy atom. The Kier molecular flexibility index (Phi) is 5.30. The Balaban J connectivity index is 1.94. The number of ether oxygens (including phenoxy) is 1. The van der Waals surface area contributed by atoms with Crippen LogP contribution >= 0.6 is 0 Å². The van der Waals surface area contributed by atoms with E-state index in [4.69, 9.17) is 4.74 Å². The van der Waals surface area contributed by atoms with E-state index in [0.717, 1.165) is 6.42 Å². The lowest BCUT2D eigenvalue weighted by Crippen LogP contribution is -2.30. The molecule has 0 saturated heterocycles. The molecule has 120 valence electrons. The normalized spacial score (nSPS) is 11.6. The van der Waals surface area contributed by atoms with Gasteiger partial charge in [0.15, 0.2) is 6.10 Å². The van der Waals surface area contributed by atoms with E-state index in [1.165, 1.54) is 29.8 Å². The van der Waals surface area contributed by atoms with Crippen LogP contribution in [0.15, 0.2) is 48.5 Å². The fourth-order valence-electron chi connectivity index (χ4n) is 1.97. The number of amides is 1. The Bertz CT molecular complexity index is 681. The van der Waals surface area contributed by atoms with Crippen LogP contribution < -0.4 is 10.1 Å². The number of nitro groups is 1. The van der Waals surface area contributed by atoms with Crippen LogP contribution in [0.5, 0.6) is 5.75 Å². The molecule has 1 amide bonds. The number of rotatable bonds is 6. The lowest BCUT2D eigenvalue weighted by Gasteiger charge is -2.15. The average Bonchev–Trinajstić information content (AvgIpc) is 2.56. The van der Waals surface area contributed by atoms with Crippen molar-refractivity contribution in [1.29, 1.82) is 0 Å². The van der Waals surface area contributed by atoms with Crippen molar-refractivity contribution in [3.63, 3.8) is 0 Å². The van der Waals surface area contributed by atoms with E-state index in [2.05, 4.69) is 12.2 Å². The molecule has 1 N–H and O–H groups in total. The van der Waals surface area contributed by atoms with Crippen molar-refractivity contribution in [3.8, 4) is 5.75 Å². The summed E-state index contributed by atoms with van der Waals surface area (Å²) < 4.78 is 5.59. The Morgan fingerprint density at radius 2 is 1.78 bits per heavy atom. The molecule has 0 bridgehead atoms. The molecule has 6 nitrogen and oxygen atoms in total. The third kappa shape index (κ3) is 4.54. The quantitative estimate of drug-likeness (QED) is 0.653. The molecule has 0 spiro atoms. The van der Waals surface area contributed by atoms with Gasteiger partial charge in [-0.3, -0.25) is 14.9 Å². The van der Waals surface area contributed by atoms with E-state index < -0.39 is 11.0 Å². The van der Waals surface area contributed by atoms with Gasteiger partial charge in [-0.1, -0.05) is 19.1 Å². The molecule has 2 aromatic carbocycles. The van der Waals surface area contributed by atoms with E-state index in [0.29, 0.717) is 11.4 Å². The SMILES string of the molecule is CCc1ccc(OC(C)C(=O)Nc2ccc([N+](=O)[O-])cc2)cc1. The summed E-state index contributed by atoms with van der Waals surface area (Å²) in [4.78, 5) is 22.2. The van der Waals surface area contributed by atoms with E-state index in [1.807, 2.05) is 24.3 Å². The summed E-state index contributed by atoms with van der Waals surface area (Å²) in [5.41, 5.74) is 1.65. The summed E-state index contributed by atoms with van der Waals surface area (Å²) in [7, 11) is 0. The van der Waals surface area contributed by atoms with Gasteiger partial charge in [-0.25, -0.2) is 0 Å². The van der Waals surface area contributed by atoms with Gasteiger partial charge < -0.3 is 10.1 Å². The molecule has 0 radical (unpaired) electrons. The summed E-state index contributed by atoms with van der Waals surface area (Å²) >= 11 is 0. The average molecular weight is 314 g/mol. The van der Waals surface area contributed by atoms with Gasteiger partial charge in [0.1, 0.15) is 5.75 Å². The summed E-state index contributed by atoms with van der Waals surface area (Å²) in [5.74, 6) is 0.298. The molecule has 0 aliphatic rings. The maximum atomic E-state index is 12.1. The number of non-ortho nitro benzene ring substituents is 1. The number of aryl methyl sites for hydroxylation is 1. The molecule has 1 unspecified atom stereocenters. The van der Waals surface area contributed by atoms with Gasteiger partial charge in [-0.05, 0) is 43.2 Å². The number of nitro benzene ring substituents is 1. The minimum atomic E-state index is -0.683. The van der Waals surface area contributed by atoms with Crippen molar-refractivity contribution in [2.45, 2.75) is 26.4 Å².